The third-order valence-corrected chi connectivity index (χ3v) is 5.29. The molecule has 0 aliphatic heterocycles. The number of nitrogens with one attached hydrogen (secondary N) is 2. The molecule has 0 radical (unpaired) electrons. The van der Waals surface area contributed by atoms with Gasteiger partial charge in [-0.1, -0.05) is 31.4 Å². The van der Waals surface area contributed by atoms with Gasteiger partial charge in [-0.2, -0.15) is 0 Å². The van der Waals surface area contributed by atoms with Crippen LogP contribution >= 0.6 is 0 Å². The van der Waals surface area contributed by atoms with Gasteiger partial charge in [0, 0.05) is 19.1 Å². The van der Waals surface area contributed by atoms with E-state index in [-0.39, 0.29) is 23.7 Å². The topological polar surface area (TPSA) is 53.9 Å². The summed E-state index contributed by atoms with van der Waals surface area (Å²) in [6.07, 6.45) is 5.54. The van der Waals surface area contributed by atoms with Crippen molar-refractivity contribution >= 4 is 11.8 Å². The van der Waals surface area contributed by atoms with E-state index < -0.39 is 0 Å². The van der Waals surface area contributed by atoms with Crippen molar-refractivity contribution in [3.05, 3.63) is 35.6 Å². The minimum absolute atomic E-state index is 0.0232. The molecular weight excluding hydrogens is 345 g/mol. The van der Waals surface area contributed by atoms with Crippen molar-refractivity contribution in [1.29, 1.82) is 0 Å². The second kappa shape index (κ2) is 11.0. The predicted octanol–water partition coefficient (Wildman–Crippen LogP) is 1.53. The maximum absolute atomic E-state index is 13.2. The number of likely N-dealkylation sites (N-methyl/N-ethyl adjacent to an activating group) is 2. The Kier molecular flexibility index (Phi) is 8.72. The van der Waals surface area contributed by atoms with Crippen molar-refractivity contribution in [1.82, 2.24) is 10.2 Å². The zero-order chi connectivity index (χ0) is 19.6. The van der Waals surface area contributed by atoms with Crippen LogP contribution < -0.4 is 10.2 Å². The first-order chi connectivity index (χ1) is 13.0. The van der Waals surface area contributed by atoms with Gasteiger partial charge in [0.25, 0.3) is 11.8 Å². The minimum Gasteiger partial charge on any atom is -0.351 e. The van der Waals surface area contributed by atoms with Crippen LogP contribution in [-0.2, 0) is 16.1 Å². The monoisotopic (exact) mass is 378 g/mol. The summed E-state index contributed by atoms with van der Waals surface area (Å²) in [6.45, 7) is 6.33. The molecule has 0 aromatic heterocycles. The number of quaternary nitrogens is 1. The summed E-state index contributed by atoms with van der Waals surface area (Å²) < 4.78 is 13.2. The van der Waals surface area contributed by atoms with Crippen molar-refractivity contribution in [2.75, 3.05) is 26.2 Å². The molecule has 2 amide bonds. The number of hydrogen-bond donors (Lipinski definition) is 2. The number of rotatable bonds is 9. The number of amides is 2. The molecule has 2 rings (SSSR count). The molecule has 150 valence electrons. The van der Waals surface area contributed by atoms with Crippen LogP contribution in [0.1, 0.15) is 51.5 Å². The van der Waals surface area contributed by atoms with Crippen molar-refractivity contribution in [2.45, 2.75) is 58.5 Å². The Bertz CT molecular complexity index is 600. The third kappa shape index (κ3) is 6.94. The van der Waals surface area contributed by atoms with Crippen LogP contribution in [0.15, 0.2) is 24.3 Å². The Morgan fingerprint density at radius 1 is 1.11 bits per heavy atom. The van der Waals surface area contributed by atoms with E-state index in [2.05, 4.69) is 5.32 Å². The Morgan fingerprint density at radius 3 is 2.37 bits per heavy atom. The molecule has 1 aromatic carbocycles. The second-order valence-electron chi connectivity index (χ2n) is 7.35. The molecule has 1 fully saturated rings. The van der Waals surface area contributed by atoms with E-state index in [9.17, 15) is 14.0 Å². The third-order valence-electron chi connectivity index (χ3n) is 5.29. The van der Waals surface area contributed by atoms with Gasteiger partial charge in [0.2, 0.25) is 0 Å². The molecule has 1 aromatic rings. The first-order valence-electron chi connectivity index (χ1n) is 10.2. The molecule has 1 aliphatic rings. The first-order valence-corrected chi connectivity index (χ1v) is 10.2. The second-order valence-corrected chi connectivity index (χ2v) is 7.35. The summed E-state index contributed by atoms with van der Waals surface area (Å²) in [7, 11) is 0. The van der Waals surface area contributed by atoms with Crippen LogP contribution in [0.4, 0.5) is 4.39 Å². The molecule has 0 bridgehead atoms. The number of carbonyl (C=O) groups excluding carboxylic acids is 2. The zero-order valence-electron chi connectivity index (χ0n) is 16.6. The summed E-state index contributed by atoms with van der Waals surface area (Å²) in [5, 5.41) is 2.80. The Morgan fingerprint density at radius 2 is 1.78 bits per heavy atom. The number of benzene rings is 1. The van der Waals surface area contributed by atoms with Crippen molar-refractivity contribution in [3.8, 4) is 0 Å². The molecule has 0 spiro atoms. The van der Waals surface area contributed by atoms with Gasteiger partial charge in [-0.15, -0.1) is 0 Å². The van der Waals surface area contributed by atoms with Gasteiger partial charge in [0.1, 0.15) is 5.82 Å². The van der Waals surface area contributed by atoms with Gasteiger partial charge in [-0.25, -0.2) is 4.39 Å². The highest BCUT2D eigenvalue weighted by atomic mass is 19.1. The van der Waals surface area contributed by atoms with Crippen molar-refractivity contribution in [3.63, 3.8) is 0 Å². The molecule has 6 heteroatoms. The fraction of sp³-hybridized carbons (Fsp3) is 0.619. The quantitative estimate of drug-likeness (QED) is 0.685. The van der Waals surface area contributed by atoms with Gasteiger partial charge in [-0.05, 0) is 44.4 Å². The lowest BCUT2D eigenvalue weighted by molar-refractivity contribution is -0.882. The molecule has 1 aliphatic carbocycles. The summed E-state index contributed by atoms with van der Waals surface area (Å²) in [4.78, 5) is 27.9. The smallest absolute Gasteiger partial charge is 0.278 e. The SMILES string of the molecule is CCNC(=O)C[NH+](CC)CC(=O)N(Cc1ccc(F)cc1)C1CCCCC1. The van der Waals surface area contributed by atoms with Crippen LogP contribution in [0, 0.1) is 5.82 Å². The molecule has 1 atom stereocenters. The van der Waals surface area contributed by atoms with E-state index in [4.69, 9.17) is 0 Å². The fourth-order valence-electron chi connectivity index (χ4n) is 3.71. The van der Waals surface area contributed by atoms with Crippen LogP contribution in [0.2, 0.25) is 0 Å². The largest absolute Gasteiger partial charge is 0.351 e. The maximum Gasteiger partial charge on any atom is 0.278 e. The van der Waals surface area contributed by atoms with E-state index in [0.717, 1.165) is 42.7 Å². The van der Waals surface area contributed by atoms with Crippen LogP contribution in [-0.4, -0.2) is 48.9 Å². The highest BCUT2D eigenvalue weighted by Crippen LogP contribution is 2.24. The summed E-state index contributed by atoms with van der Waals surface area (Å²) in [5.74, 6) is -0.213. The zero-order valence-corrected chi connectivity index (χ0v) is 16.6. The number of carbonyl (C=O) groups is 2. The Hall–Kier alpha value is -1.95. The molecule has 27 heavy (non-hydrogen) atoms. The van der Waals surface area contributed by atoms with Crippen LogP contribution in [0.3, 0.4) is 0 Å². The van der Waals surface area contributed by atoms with E-state index in [1.165, 1.54) is 18.6 Å². The summed E-state index contributed by atoms with van der Waals surface area (Å²) >= 11 is 0. The lowest BCUT2D eigenvalue weighted by atomic mass is 9.93. The average Bonchev–Trinajstić information content (AvgIpc) is 2.67. The Labute approximate surface area is 161 Å². The predicted molar refractivity (Wildman–Crippen MR) is 104 cm³/mol. The first kappa shape index (κ1) is 21.4. The molecule has 0 heterocycles. The molecule has 1 saturated carbocycles. The maximum atomic E-state index is 13.2. The molecule has 0 saturated heterocycles. The molecular formula is C21H33FN3O2+. The number of halogens is 1. The molecule has 2 N–H and O–H groups in total. The van der Waals surface area contributed by atoms with Crippen molar-refractivity contribution < 1.29 is 18.9 Å². The van der Waals surface area contributed by atoms with Crippen molar-refractivity contribution in [2.24, 2.45) is 0 Å². The highest BCUT2D eigenvalue weighted by Gasteiger charge is 2.28. The average molecular weight is 379 g/mol. The van der Waals surface area contributed by atoms with Crippen LogP contribution in [0.25, 0.3) is 0 Å². The van der Waals surface area contributed by atoms with E-state index in [1.807, 2.05) is 18.7 Å². The minimum atomic E-state index is -0.266. The van der Waals surface area contributed by atoms with E-state index in [0.29, 0.717) is 26.2 Å². The highest BCUT2D eigenvalue weighted by molar-refractivity contribution is 5.79. The standard InChI is InChI=1S/C21H32FN3O2/c1-3-23-20(26)15-24(4-2)16-21(27)25(19-8-6-5-7-9-19)14-17-10-12-18(22)13-11-17/h10-13,19H,3-9,14-16H2,1-2H3,(H,23,26)/p+1. The lowest BCUT2D eigenvalue weighted by Gasteiger charge is -2.35. The molecule has 5 nitrogen and oxygen atoms in total. The van der Waals surface area contributed by atoms with Gasteiger partial charge in [0.05, 0.1) is 6.54 Å². The van der Waals surface area contributed by atoms with Gasteiger partial charge in [-0.3, -0.25) is 9.59 Å². The summed E-state index contributed by atoms with van der Waals surface area (Å²) in [6, 6.07) is 6.61. The van der Waals surface area contributed by atoms with Gasteiger partial charge in [0.15, 0.2) is 13.1 Å². The normalized spacial score (nSPS) is 16.0. The molecule has 1 unspecified atom stereocenters. The number of nitrogens with zero attached hydrogens (tertiary/aromatic N) is 1. The lowest BCUT2D eigenvalue weighted by Crippen LogP contribution is -3.14. The van der Waals surface area contributed by atoms with Gasteiger partial charge < -0.3 is 15.1 Å². The van der Waals surface area contributed by atoms with E-state index in [1.54, 1.807) is 12.1 Å². The van der Waals surface area contributed by atoms with Gasteiger partial charge >= 0.3 is 0 Å². The fourth-order valence-corrected chi connectivity index (χ4v) is 3.71. The van der Waals surface area contributed by atoms with E-state index >= 15 is 0 Å². The number of hydrogen-bond acceptors (Lipinski definition) is 2. The summed E-state index contributed by atoms with van der Waals surface area (Å²) in [5.41, 5.74) is 0.942. The van der Waals surface area contributed by atoms with Crippen LogP contribution in [0.5, 0.6) is 0 Å². The Balaban J connectivity index is 2.07.